The number of carbonyl (C=O) groups is 1. The second-order valence-corrected chi connectivity index (χ2v) is 2.09. The van der Waals surface area contributed by atoms with Gasteiger partial charge in [-0.15, -0.1) is 0 Å². The van der Waals surface area contributed by atoms with Crippen molar-refractivity contribution in [2.45, 2.75) is 12.6 Å². The minimum absolute atomic E-state index is 0.0255. The second-order valence-electron chi connectivity index (χ2n) is 2.09. The average Bonchev–Trinajstić information content (AvgIpc) is 2.39. The quantitative estimate of drug-likeness (QED) is 0.547. The predicted molar refractivity (Wildman–Crippen MR) is 33.2 cm³/mol. The van der Waals surface area contributed by atoms with Gasteiger partial charge in [-0.1, -0.05) is 0 Å². The van der Waals surface area contributed by atoms with Crippen molar-refractivity contribution in [2.24, 2.45) is 0 Å². The number of aliphatic carboxylic acids is 1. The summed E-state index contributed by atoms with van der Waals surface area (Å²) >= 11 is 0. The first-order valence-corrected chi connectivity index (χ1v) is 3.05. The van der Waals surface area contributed by atoms with Crippen LogP contribution < -0.4 is 5.11 Å². The molecule has 11 heavy (non-hydrogen) atoms. The van der Waals surface area contributed by atoms with Crippen LogP contribution in [0.2, 0.25) is 0 Å². The molecule has 0 aromatic carbocycles. The molecule has 1 unspecified atom stereocenters. The zero-order chi connectivity index (χ0) is 8.27. The van der Waals surface area contributed by atoms with E-state index >= 15 is 0 Å². The lowest BCUT2D eigenvalue weighted by atomic mass is 10.3. The highest BCUT2D eigenvalue weighted by atomic mass is 16.4. The van der Waals surface area contributed by atoms with Gasteiger partial charge >= 0.3 is 0 Å². The van der Waals surface area contributed by atoms with E-state index in [1.807, 2.05) is 0 Å². The molecular weight excluding hydrogens is 148 g/mol. The fourth-order valence-corrected chi connectivity index (χ4v) is 0.669. The van der Waals surface area contributed by atoms with Crippen molar-refractivity contribution in [3.8, 4) is 0 Å². The van der Waals surface area contributed by atoms with E-state index in [-0.39, 0.29) is 6.54 Å². The lowest BCUT2D eigenvalue weighted by Crippen LogP contribution is -2.38. The van der Waals surface area contributed by atoms with E-state index < -0.39 is 12.1 Å². The second kappa shape index (κ2) is 3.16. The molecule has 0 amide bonds. The van der Waals surface area contributed by atoms with Gasteiger partial charge in [-0.25, -0.2) is 4.98 Å². The molecule has 0 radical (unpaired) electrons. The third-order valence-electron chi connectivity index (χ3n) is 1.22. The summed E-state index contributed by atoms with van der Waals surface area (Å²) in [7, 11) is 0. The molecule has 1 N–H and O–H groups in total. The number of hydrogen-bond acceptors (Lipinski definition) is 4. The molecule has 0 aliphatic rings. The summed E-state index contributed by atoms with van der Waals surface area (Å²) in [6, 6.07) is 0. The number of aliphatic hydroxyl groups excluding tert-OH is 1. The van der Waals surface area contributed by atoms with Crippen molar-refractivity contribution >= 4 is 5.97 Å². The number of aliphatic hydroxyl groups is 1. The van der Waals surface area contributed by atoms with Crippen LogP contribution in [0.1, 0.15) is 0 Å². The summed E-state index contributed by atoms with van der Waals surface area (Å²) in [5.74, 6) is -1.47. The Kier molecular flexibility index (Phi) is 2.22. The average molecular weight is 155 g/mol. The van der Waals surface area contributed by atoms with Gasteiger partial charge in [0.05, 0.1) is 18.8 Å². The number of nitrogens with zero attached hydrogens (tertiary/aromatic N) is 2. The maximum absolute atomic E-state index is 10.0. The number of imidazole rings is 1. The Balaban J connectivity index is 2.50. The molecule has 1 atom stereocenters. The third-order valence-corrected chi connectivity index (χ3v) is 1.22. The van der Waals surface area contributed by atoms with Gasteiger partial charge in [0.25, 0.3) is 0 Å². The Morgan fingerprint density at radius 1 is 1.82 bits per heavy atom. The van der Waals surface area contributed by atoms with Gasteiger partial charge in [0.2, 0.25) is 0 Å². The van der Waals surface area contributed by atoms with Crippen LogP contribution in [0.15, 0.2) is 18.7 Å². The Labute approximate surface area is 62.9 Å². The van der Waals surface area contributed by atoms with E-state index in [0.29, 0.717) is 0 Å². The largest absolute Gasteiger partial charge is 0.547 e. The Hall–Kier alpha value is -1.36. The van der Waals surface area contributed by atoms with Gasteiger partial charge in [-0.05, 0) is 0 Å². The SMILES string of the molecule is O=C([O-])C(O)Cn1ccnc1. The van der Waals surface area contributed by atoms with Crippen LogP contribution >= 0.6 is 0 Å². The van der Waals surface area contributed by atoms with Crippen LogP contribution in [0.3, 0.4) is 0 Å². The zero-order valence-electron chi connectivity index (χ0n) is 5.67. The Bertz CT molecular complexity index is 232. The molecular formula is C6H7N2O3-. The molecule has 0 fully saturated rings. The van der Waals surface area contributed by atoms with Crippen molar-refractivity contribution in [1.29, 1.82) is 0 Å². The summed E-state index contributed by atoms with van der Waals surface area (Å²) in [5, 5.41) is 18.8. The van der Waals surface area contributed by atoms with Crippen LogP contribution in [0, 0.1) is 0 Å². The summed E-state index contributed by atoms with van der Waals surface area (Å²) in [4.78, 5) is 13.7. The highest BCUT2D eigenvalue weighted by molar-refractivity contribution is 5.69. The molecule has 1 aromatic rings. The van der Waals surface area contributed by atoms with Gasteiger partial charge in [-0.2, -0.15) is 0 Å². The first-order valence-electron chi connectivity index (χ1n) is 3.05. The normalized spacial score (nSPS) is 12.8. The molecule has 5 heteroatoms. The van der Waals surface area contributed by atoms with Crippen molar-refractivity contribution in [2.75, 3.05) is 0 Å². The van der Waals surface area contributed by atoms with E-state index in [9.17, 15) is 9.90 Å². The van der Waals surface area contributed by atoms with Crippen molar-refractivity contribution < 1.29 is 15.0 Å². The Morgan fingerprint density at radius 3 is 3.00 bits per heavy atom. The van der Waals surface area contributed by atoms with Gasteiger partial charge in [-0.3, -0.25) is 0 Å². The molecule has 0 spiro atoms. The minimum atomic E-state index is -1.47. The maximum atomic E-state index is 10.0. The lowest BCUT2D eigenvalue weighted by molar-refractivity contribution is -0.315. The van der Waals surface area contributed by atoms with Crippen LogP contribution in [0.4, 0.5) is 0 Å². The predicted octanol–water partition coefficient (Wildman–Crippen LogP) is -2.01. The molecule has 5 nitrogen and oxygen atoms in total. The number of rotatable bonds is 3. The zero-order valence-corrected chi connectivity index (χ0v) is 5.67. The van der Waals surface area contributed by atoms with E-state index in [1.165, 1.54) is 17.1 Å². The summed E-state index contributed by atoms with van der Waals surface area (Å²) in [5.41, 5.74) is 0. The van der Waals surface area contributed by atoms with Crippen LogP contribution in [0.5, 0.6) is 0 Å². The molecule has 0 aliphatic heterocycles. The number of hydrogen-bond donors (Lipinski definition) is 1. The molecule has 60 valence electrons. The van der Waals surface area contributed by atoms with Crippen LogP contribution in [-0.4, -0.2) is 26.7 Å². The van der Waals surface area contributed by atoms with Crippen molar-refractivity contribution in [3.05, 3.63) is 18.7 Å². The van der Waals surface area contributed by atoms with E-state index in [4.69, 9.17) is 5.11 Å². The van der Waals surface area contributed by atoms with Crippen LogP contribution in [0.25, 0.3) is 0 Å². The first kappa shape index (κ1) is 7.74. The van der Waals surface area contributed by atoms with Crippen molar-refractivity contribution in [3.63, 3.8) is 0 Å². The molecule has 0 bridgehead atoms. The highest BCUT2D eigenvalue weighted by Crippen LogP contribution is 1.90. The monoisotopic (exact) mass is 155 g/mol. The summed E-state index contributed by atoms with van der Waals surface area (Å²) < 4.78 is 1.46. The molecule has 1 heterocycles. The number of aromatic nitrogens is 2. The molecule has 0 saturated heterocycles. The summed E-state index contributed by atoms with van der Waals surface area (Å²) in [6.07, 6.45) is 3.02. The number of carbonyl (C=O) groups excluding carboxylic acids is 1. The topological polar surface area (TPSA) is 78.2 Å². The fourth-order valence-electron chi connectivity index (χ4n) is 0.669. The third kappa shape index (κ3) is 2.05. The van der Waals surface area contributed by atoms with E-state index in [0.717, 1.165) is 0 Å². The van der Waals surface area contributed by atoms with E-state index in [1.54, 1.807) is 6.20 Å². The van der Waals surface area contributed by atoms with Crippen LogP contribution in [-0.2, 0) is 11.3 Å². The summed E-state index contributed by atoms with van der Waals surface area (Å²) in [6.45, 7) is -0.0255. The van der Waals surface area contributed by atoms with Gasteiger partial charge in [0.1, 0.15) is 6.10 Å². The highest BCUT2D eigenvalue weighted by Gasteiger charge is 2.03. The standard InChI is InChI=1S/C6H8N2O3/c9-5(6(10)11)3-8-2-1-7-4-8/h1-2,4-5,9H,3H2,(H,10,11)/p-1. The van der Waals surface area contributed by atoms with E-state index in [2.05, 4.69) is 4.98 Å². The van der Waals surface area contributed by atoms with Gasteiger partial charge in [0, 0.05) is 12.4 Å². The fraction of sp³-hybridized carbons (Fsp3) is 0.333. The molecule has 0 saturated carbocycles. The first-order chi connectivity index (χ1) is 5.20. The minimum Gasteiger partial charge on any atom is -0.547 e. The smallest absolute Gasteiger partial charge is 0.111 e. The molecule has 1 rings (SSSR count). The number of carboxylic acids is 1. The molecule has 0 aliphatic carbocycles. The lowest BCUT2D eigenvalue weighted by Gasteiger charge is -2.10. The Morgan fingerprint density at radius 2 is 2.55 bits per heavy atom. The molecule has 1 aromatic heterocycles. The van der Waals surface area contributed by atoms with Gasteiger partial charge in [0.15, 0.2) is 0 Å². The van der Waals surface area contributed by atoms with Crippen molar-refractivity contribution in [1.82, 2.24) is 9.55 Å². The number of carboxylic acid groups (broad SMARTS) is 1. The maximum Gasteiger partial charge on any atom is 0.111 e. The van der Waals surface area contributed by atoms with Gasteiger partial charge < -0.3 is 19.6 Å².